The Morgan fingerprint density at radius 3 is 2.27 bits per heavy atom. The van der Waals surface area contributed by atoms with Gasteiger partial charge in [-0.1, -0.05) is 43.7 Å². The molecule has 4 nitrogen and oxygen atoms in total. The third-order valence-electron chi connectivity index (χ3n) is 3.23. The molecule has 0 bridgehead atoms. The zero-order valence-electron chi connectivity index (χ0n) is 13.7. The minimum absolute atomic E-state index is 0.302. The predicted octanol–water partition coefficient (Wildman–Crippen LogP) is 5.06. The lowest BCUT2D eigenvalue weighted by atomic mass is 9.99. The standard InChI is InChI=1S/C17H27O4P/c1-4-7-11-16(14-22(19,20-5-2)21-6-3)17(18)15-12-9-8-10-13-15/h8-10,12-14,17-18H,4-7,11H2,1-3H3/b16-14+. The molecule has 124 valence electrons. The second-order valence-electron chi connectivity index (χ2n) is 5.00. The van der Waals surface area contributed by atoms with Crippen LogP contribution in [0.15, 0.2) is 41.7 Å². The summed E-state index contributed by atoms with van der Waals surface area (Å²) in [4.78, 5) is 0. The molecule has 0 spiro atoms. The van der Waals surface area contributed by atoms with Gasteiger partial charge in [-0.05, 0) is 37.8 Å². The van der Waals surface area contributed by atoms with E-state index in [2.05, 4.69) is 6.92 Å². The molecular weight excluding hydrogens is 299 g/mol. The summed E-state index contributed by atoms with van der Waals surface area (Å²) in [5.74, 6) is 1.51. The molecule has 1 unspecified atom stereocenters. The molecule has 1 atom stereocenters. The van der Waals surface area contributed by atoms with E-state index in [1.165, 1.54) is 5.82 Å². The van der Waals surface area contributed by atoms with Crippen molar-refractivity contribution in [2.24, 2.45) is 0 Å². The number of unbranched alkanes of at least 4 members (excludes halogenated alkanes) is 1. The smallest absolute Gasteiger partial charge is 0.354 e. The normalized spacial score (nSPS) is 14.1. The molecule has 5 heteroatoms. The molecule has 0 aliphatic carbocycles. The van der Waals surface area contributed by atoms with Crippen LogP contribution in [0.25, 0.3) is 0 Å². The fraction of sp³-hybridized carbons (Fsp3) is 0.529. The van der Waals surface area contributed by atoms with Crippen molar-refractivity contribution in [3.05, 3.63) is 47.3 Å². The maximum Gasteiger partial charge on any atom is 0.354 e. The first kappa shape index (κ1) is 19.1. The van der Waals surface area contributed by atoms with Crippen molar-refractivity contribution < 1.29 is 18.7 Å². The van der Waals surface area contributed by atoms with E-state index >= 15 is 0 Å². The van der Waals surface area contributed by atoms with Crippen LogP contribution in [-0.4, -0.2) is 18.3 Å². The van der Waals surface area contributed by atoms with E-state index < -0.39 is 13.7 Å². The van der Waals surface area contributed by atoms with Gasteiger partial charge in [-0.2, -0.15) is 0 Å². The minimum atomic E-state index is -3.31. The zero-order valence-corrected chi connectivity index (χ0v) is 14.6. The van der Waals surface area contributed by atoms with E-state index in [1.807, 2.05) is 30.3 Å². The van der Waals surface area contributed by atoms with Gasteiger partial charge in [-0.15, -0.1) is 0 Å². The first-order chi connectivity index (χ1) is 10.6. The van der Waals surface area contributed by atoms with Crippen LogP contribution in [0.2, 0.25) is 0 Å². The summed E-state index contributed by atoms with van der Waals surface area (Å²) >= 11 is 0. The Morgan fingerprint density at radius 2 is 1.77 bits per heavy atom. The van der Waals surface area contributed by atoms with Crippen LogP contribution in [0.5, 0.6) is 0 Å². The van der Waals surface area contributed by atoms with Gasteiger partial charge in [-0.25, -0.2) is 0 Å². The SMILES string of the molecule is CCCC/C(=C\P(=O)(OCC)OCC)C(O)c1ccccc1. The largest absolute Gasteiger partial charge is 0.384 e. The molecule has 0 amide bonds. The van der Waals surface area contributed by atoms with Crippen molar-refractivity contribution in [3.8, 4) is 0 Å². The molecule has 0 fully saturated rings. The molecule has 22 heavy (non-hydrogen) atoms. The van der Waals surface area contributed by atoms with Gasteiger partial charge in [0.2, 0.25) is 0 Å². The molecule has 0 aliphatic heterocycles. The van der Waals surface area contributed by atoms with Crippen LogP contribution < -0.4 is 0 Å². The predicted molar refractivity (Wildman–Crippen MR) is 89.9 cm³/mol. The maximum absolute atomic E-state index is 12.7. The summed E-state index contributed by atoms with van der Waals surface area (Å²) in [5, 5.41) is 10.6. The van der Waals surface area contributed by atoms with Gasteiger partial charge < -0.3 is 14.2 Å². The fourth-order valence-electron chi connectivity index (χ4n) is 2.18. The van der Waals surface area contributed by atoms with Crippen molar-refractivity contribution in [2.45, 2.75) is 46.1 Å². The molecule has 1 rings (SSSR count). The van der Waals surface area contributed by atoms with Gasteiger partial charge in [0.25, 0.3) is 0 Å². The van der Waals surface area contributed by atoms with Crippen molar-refractivity contribution >= 4 is 7.60 Å². The summed E-state index contributed by atoms with van der Waals surface area (Å²) < 4.78 is 23.3. The summed E-state index contributed by atoms with van der Waals surface area (Å²) in [7, 11) is -3.31. The Balaban J connectivity index is 3.09. The highest BCUT2D eigenvalue weighted by Crippen LogP contribution is 2.52. The van der Waals surface area contributed by atoms with Crippen molar-refractivity contribution in [1.29, 1.82) is 0 Å². The van der Waals surface area contributed by atoms with Crippen molar-refractivity contribution in [2.75, 3.05) is 13.2 Å². The molecule has 0 aliphatic rings. The van der Waals surface area contributed by atoms with Gasteiger partial charge in [0.1, 0.15) is 6.10 Å². The molecule has 0 heterocycles. The van der Waals surface area contributed by atoms with Crippen LogP contribution in [0.3, 0.4) is 0 Å². The first-order valence-corrected chi connectivity index (χ1v) is 9.50. The van der Waals surface area contributed by atoms with Crippen LogP contribution >= 0.6 is 7.60 Å². The number of hydrogen-bond acceptors (Lipinski definition) is 4. The fourth-order valence-corrected chi connectivity index (χ4v) is 3.80. The summed E-state index contributed by atoms with van der Waals surface area (Å²) in [6.45, 7) is 6.24. The van der Waals surface area contributed by atoms with Gasteiger partial charge >= 0.3 is 7.60 Å². The van der Waals surface area contributed by atoms with E-state index in [-0.39, 0.29) is 0 Å². The third kappa shape index (κ3) is 6.05. The van der Waals surface area contributed by atoms with Crippen LogP contribution in [0.4, 0.5) is 0 Å². The van der Waals surface area contributed by atoms with Crippen molar-refractivity contribution in [1.82, 2.24) is 0 Å². The average Bonchev–Trinajstić information content (AvgIpc) is 2.52. The molecular formula is C17H27O4P. The minimum Gasteiger partial charge on any atom is -0.384 e. The van der Waals surface area contributed by atoms with Crippen LogP contribution in [0, 0.1) is 0 Å². The molecule has 0 saturated heterocycles. The van der Waals surface area contributed by atoms with Gasteiger partial charge in [0.15, 0.2) is 0 Å². The van der Waals surface area contributed by atoms with Crippen LogP contribution in [0.1, 0.15) is 51.7 Å². The zero-order chi connectivity index (χ0) is 16.4. The number of rotatable bonds is 10. The van der Waals surface area contributed by atoms with E-state index in [4.69, 9.17) is 9.05 Å². The number of hydrogen-bond donors (Lipinski definition) is 1. The lowest BCUT2D eigenvalue weighted by Gasteiger charge is -2.19. The molecule has 1 aromatic carbocycles. The highest BCUT2D eigenvalue weighted by atomic mass is 31.2. The number of aliphatic hydroxyl groups is 1. The Hall–Kier alpha value is -0.930. The van der Waals surface area contributed by atoms with Crippen molar-refractivity contribution in [3.63, 3.8) is 0 Å². The quantitative estimate of drug-likeness (QED) is 0.611. The monoisotopic (exact) mass is 326 g/mol. The molecule has 0 aromatic heterocycles. The molecule has 0 saturated carbocycles. The Morgan fingerprint density at radius 1 is 1.18 bits per heavy atom. The molecule has 1 N–H and O–H groups in total. The summed E-state index contributed by atoms with van der Waals surface area (Å²) in [5.41, 5.74) is 1.47. The number of benzene rings is 1. The maximum atomic E-state index is 12.7. The highest BCUT2D eigenvalue weighted by Gasteiger charge is 2.24. The lowest BCUT2D eigenvalue weighted by molar-refractivity contribution is 0.207. The van der Waals surface area contributed by atoms with Gasteiger partial charge in [0, 0.05) is 5.82 Å². The van der Waals surface area contributed by atoms with Crippen LogP contribution in [-0.2, 0) is 13.6 Å². The Bertz CT molecular complexity index is 489. The first-order valence-electron chi connectivity index (χ1n) is 7.89. The topological polar surface area (TPSA) is 55.8 Å². The van der Waals surface area contributed by atoms with E-state index in [0.29, 0.717) is 25.2 Å². The third-order valence-corrected chi connectivity index (χ3v) is 5.11. The van der Waals surface area contributed by atoms with E-state index in [0.717, 1.165) is 18.4 Å². The van der Waals surface area contributed by atoms with Gasteiger partial charge in [-0.3, -0.25) is 4.57 Å². The average molecular weight is 326 g/mol. The molecule has 1 aromatic rings. The second kappa shape index (κ2) is 9.96. The highest BCUT2D eigenvalue weighted by molar-refractivity contribution is 7.57. The Labute approximate surface area is 133 Å². The van der Waals surface area contributed by atoms with E-state index in [9.17, 15) is 9.67 Å². The van der Waals surface area contributed by atoms with Gasteiger partial charge in [0.05, 0.1) is 13.2 Å². The van der Waals surface area contributed by atoms with E-state index in [1.54, 1.807) is 13.8 Å². The summed E-state index contributed by atoms with van der Waals surface area (Å²) in [6.07, 6.45) is 1.78. The number of aliphatic hydroxyl groups excluding tert-OH is 1. The molecule has 0 radical (unpaired) electrons. The lowest BCUT2D eigenvalue weighted by Crippen LogP contribution is -2.04. The second-order valence-corrected chi connectivity index (χ2v) is 6.85. The Kier molecular flexibility index (Phi) is 8.66. The summed E-state index contributed by atoms with van der Waals surface area (Å²) in [6, 6.07) is 9.37.